The smallest absolute Gasteiger partial charge is 0.177 e. The number of hydrogen-bond acceptors (Lipinski definition) is 4. The minimum absolute atomic E-state index is 0.0711. The fourth-order valence-corrected chi connectivity index (χ4v) is 3.87. The minimum Gasteiger partial charge on any atom is -0.295 e. The van der Waals surface area contributed by atoms with Gasteiger partial charge in [-0.15, -0.1) is 0 Å². The van der Waals surface area contributed by atoms with E-state index in [1.54, 1.807) is 0 Å². The summed E-state index contributed by atoms with van der Waals surface area (Å²) in [6, 6.07) is 5.80. The minimum atomic E-state index is -2.92. The molecule has 0 radical (unpaired) electrons. The van der Waals surface area contributed by atoms with Gasteiger partial charge in [0.15, 0.2) is 15.6 Å². The Morgan fingerprint density at radius 2 is 1.95 bits per heavy atom. The lowest BCUT2D eigenvalue weighted by Crippen LogP contribution is -2.32. The number of carbonyl (C=O) groups excluding carboxylic acids is 1. The van der Waals surface area contributed by atoms with E-state index in [1.807, 2.05) is 36.9 Å². The molecule has 0 bridgehead atoms. The van der Waals surface area contributed by atoms with Gasteiger partial charge in [0.2, 0.25) is 0 Å². The molecule has 0 unspecified atom stereocenters. The molecular weight excluding hydrogens is 274 g/mol. The molecule has 1 fully saturated rings. The van der Waals surface area contributed by atoms with Gasteiger partial charge in [-0.2, -0.15) is 0 Å². The molecule has 0 aliphatic carbocycles. The molecule has 0 atom stereocenters. The number of carbonyl (C=O) groups is 1. The summed E-state index contributed by atoms with van der Waals surface area (Å²) in [5.74, 6) is 0.468. The van der Waals surface area contributed by atoms with E-state index < -0.39 is 9.84 Å². The van der Waals surface area contributed by atoms with Gasteiger partial charge in [0, 0.05) is 12.1 Å². The number of aryl methyl sites for hydroxylation is 2. The van der Waals surface area contributed by atoms with Crippen molar-refractivity contribution >= 4 is 15.6 Å². The number of benzene rings is 1. The van der Waals surface area contributed by atoms with Gasteiger partial charge in [-0.25, -0.2) is 8.42 Å². The number of ketones is 1. The molecule has 1 saturated heterocycles. The molecule has 1 aliphatic heterocycles. The van der Waals surface area contributed by atoms with Crippen molar-refractivity contribution in [3.63, 3.8) is 0 Å². The summed E-state index contributed by atoms with van der Waals surface area (Å²) in [7, 11) is -2.92. The van der Waals surface area contributed by atoms with E-state index in [0.29, 0.717) is 26.1 Å². The number of sulfone groups is 1. The van der Waals surface area contributed by atoms with Crippen molar-refractivity contribution in [2.75, 3.05) is 31.1 Å². The van der Waals surface area contributed by atoms with Crippen LogP contribution in [0.2, 0.25) is 0 Å². The molecule has 110 valence electrons. The summed E-state index contributed by atoms with van der Waals surface area (Å²) in [6.45, 7) is 5.38. The first-order valence-electron chi connectivity index (χ1n) is 6.91. The Kier molecular flexibility index (Phi) is 4.60. The van der Waals surface area contributed by atoms with Gasteiger partial charge in [-0.1, -0.05) is 23.8 Å². The van der Waals surface area contributed by atoms with E-state index in [0.717, 1.165) is 16.7 Å². The van der Waals surface area contributed by atoms with Crippen LogP contribution >= 0.6 is 0 Å². The van der Waals surface area contributed by atoms with Gasteiger partial charge in [0.05, 0.1) is 18.1 Å². The van der Waals surface area contributed by atoms with Gasteiger partial charge in [0.25, 0.3) is 0 Å². The average molecular weight is 295 g/mol. The van der Waals surface area contributed by atoms with Crippen LogP contribution in [0.15, 0.2) is 18.2 Å². The van der Waals surface area contributed by atoms with Crippen LogP contribution < -0.4 is 0 Å². The second kappa shape index (κ2) is 6.06. The first-order chi connectivity index (χ1) is 9.37. The molecule has 0 N–H and O–H groups in total. The normalized spacial score (nSPS) is 19.5. The van der Waals surface area contributed by atoms with Crippen LogP contribution in [0.1, 0.15) is 27.9 Å². The maximum atomic E-state index is 12.3. The molecule has 0 saturated carbocycles. The van der Waals surface area contributed by atoms with E-state index in [2.05, 4.69) is 0 Å². The van der Waals surface area contributed by atoms with Crippen LogP contribution in [-0.4, -0.2) is 50.2 Å². The van der Waals surface area contributed by atoms with E-state index >= 15 is 0 Å². The lowest BCUT2D eigenvalue weighted by atomic mass is 10.0. The fraction of sp³-hybridized carbons (Fsp3) is 0.533. The summed E-state index contributed by atoms with van der Waals surface area (Å²) in [5.41, 5.74) is 2.86. The monoisotopic (exact) mass is 295 g/mol. The molecule has 1 heterocycles. The zero-order valence-electron chi connectivity index (χ0n) is 12.1. The molecule has 20 heavy (non-hydrogen) atoms. The zero-order valence-corrected chi connectivity index (χ0v) is 12.9. The molecule has 0 amide bonds. The van der Waals surface area contributed by atoms with E-state index in [-0.39, 0.29) is 17.3 Å². The van der Waals surface area contributed by atoms with Crippen molar-refractivity contribution in [1.29, 1.82) is 0 Å². The van der Waals surface area contributed by atoms with Crippen LogP contribution in [0.4, 0.5) is 0 Å². The summed E-state index contributed by atoms with van der Waals surface area (Å²) < 4.78 is 23.1. The largest absolute Gasteiger partial charge is 0.295 e. The predicted molar refractivity (Wildman–Crippen MR) is 80.0 cm³/mol. The maximum Gasteiger partial charge on any atom is 0.177 e. The lowest BCUT2D eigenvalue weighted by molar-refractivity contribution is 0.0935. The topological polar surface area (TPSA) is 54.5 Å². The molecule has 1 aromatic carbocycles. The number of nitrogens with zero attached hydrogens (tertiary/aromatic N) is 1. The Bertz CT molecular complexity index is 608. The quantitative estimate of drug-likeness (QED) is 0.795. The van der Waals surface area contributed by atoms with Gasteiger partial charge >= 0.3 is 0 Å². The van der Waals surface area contributed by atoms with Crippen LogP contribution in [0.25, 0.3) is 0 Å². The fourth-order valence-electron chi connectivity index (χ4n) is 2.56. The third-order valence-electron chi connectivity index (χ3n) is 3.70. The summed E-state index contributed by atoms with van der Waals surface area (Å²) in [4.78, 5) is 14.3. The van der Waals surface area contributed by atoms with Crippen LogP contribution in [0, 0.1) is 13.8 Å². The van der Waals surface area contributed by atoms with Crippen LogP contribution in [0.5, 0.6) is 0 Å². The third-order valence-corrected chi connectivity index (χ3v) is 5.41. The Balaban J connectivity index is 2.04. The maximum absolute atomic E-state index is 12.3. The Morgan fingerprint density at radius 1 is 1.20 bits per heavy atom. The van der Waals surface area contributed by atoms with Crippen LogP contribution in [-0.2, 0) is 9.84 Å². The molecule has 1 aliphatic rings. The second-order valence-corrected chi connectivity index (χ2v) is 7.83. The molecule has 1 aromatic rings. The molecule has 2 rings (SSSR count). The third kappa shape index (κ3) is 3.90. The Labute approximate surface area is 120 Å². The highest BCUT2D eigenvalue weighted by Gasteiger charge is 2.21. The summed E-state index contributed by atoms with van der Waals surface area (Å²) in [5, 5.41) is 0. The van der Waals surface area contributed by atoms with Crippen molar-refractivity contribution < 1.29 is 13.2 Å². The van der Waals surface area contributed by atoms with Gasteiger partial charge in [0.1, 0.15) is 0 Å². The average Bonchev–Trinajstić information content (AvgIpc) is 2.51. The first kappa shape index (κ1) is 15.2. The highest BCUT2D eigenvalue weighted by molar-refractivity contribution is 7.91. The number of Topliss-reactive ketones (excluding diaryl/α,β-unsaturated/α-hetero) is 1. The highest BCUT2D eigenvalue weighted by Crippen LogP contribution is 2.13. The van der Waals surface area contributed by atoms with Gasteiger partial charge < -0.3 is 0 Å². The number of rotatable bonds is 3. The first-order valence-corrected chi connectivity index (χ1v) is 8.73. The van der Waals surface area contributed by atoms with Crippen molar-refractivity contribution in [3.05, 3.63) is 34.9 Å². The molecule has 4 nitrogen and oxygen atoms in total. The van der Waals surface area contributed by atoms with Crippen LogP contribution in [0.3, 0.4) is 0 Å². The lowest BCUT2D eigenvalue weighted by Gasteiger charge is -2.18. The Hall–Kier alpha value is -1.20. The zero-order chi connectivity index (χ0) is 14.8. The standard InChI is InChI=1S/C15H21NO3S/c1-12-4-5-14(13(2)10-12)15(17)11-16-6-3-8-20(18,19)9-7-16/h4-5,10H,3,6-9,11H2,1-2H3. The van der Waals surface area contributed by atoms with E-state index in [1.165, 1.54) is 0 Å². The molecule has 0 aromatic heterocycles. The number of hydrogen-bond donors (Lipinski definition) is 0. The van der Waals surface area contributed by atoms with E-state index in [4.69, 9.17) is 0 Å². The Morgan fingerprint density at radius 3 is 2.65 bits per heavy atom. The predicted octanol–water partition coefficient (Wildman–Crippen LogP) is 1.61. The molecular formula is C15H21NO3S. The van der Waals surface area contributed by atoms with Crippen molar-refractivity contribution in [3.8, 4) is 0 Å². The highest BCUT2D eigenvalue weighted by atomic mass is 32.2. The van der Waals surface area contributed by atoms with Crippen molar-refractivity contribution in [2.24, 2.45) is 0 Å². The second-order valence-electron chi connectivity index (χ2n) is 5.52. The van der Waals surface area contributed by atoms with Crippen molar-refractivity contribution in [2.45, 2.75) is 20.3 Å². The van der Waals surface area contributed by atoms with Gasteiger partial charge in [-0.05, 0) is 32.4 Å². The summed E-state index contributed by atoms with van der Waals surface area (Å²) in [6.07, 6.45) is 0.614. The van der Waals surface area contributed by atoms with Crippen molar-refractivity contribution in [1.82, 2.24) is 4.90 Å². The molecule has 5 heteroatoms. The SMILES string of the molecule is Cc1ccc(C(=O)CN2CCCS(=O)(=O)CC2)c(C)c1. The molecule has 0 spiro atoms. The van der Waals surface area contributed by atoms with E-state index in [9.17, 15) is 13.2 Å². The summed E-state index contributed by atoms with van der Waals surface area (Å²) >= 11 is 0. The van der Waals surface area contributed by atoms with Gasteiger partial charge in [-0.3, -0.25) is 9.69 Å².